The van der Waals surface area contributed by atoms with E-state index in [1.165, 1.54) is 0 Å². The van der Waals surface area contributed by atoms with E-state index in [0.717, 1.165) is 23.7 Å². The van der Waals surface area contributed by atoms with Gasteiger partial charge in [-0.2, -0.15) is 0 Å². The van der Waals surface area contributed by atoms with Gasteiger partial charge in [-0.15, -0.1) is 0 Å². The largest absolute Gasteiger partial charge is 0.465 e. The van der Waals surface area contributed by atoms with Gasteiger partial charge in [0.05, 0.1) is 22.9 Å². The van der Waals surface area contributed by atoms with E-state index in [1.54, 1.807) is 12.3 Å². The van der Waals surface area contributed by atoms with Crippen LogP contribution in [-0.4, -0.2) is 23.9 Å². The third-order valence-corrected chi connectivity index (χ3v) is 4.83. The molecule has 0 radical (unpaired) electrons. The molecule has 2 saturated heterocycles. The first-order valence-corrected chi connectivity index (χ1v) is 6.73. The van der Waals surface area contributed by atoms with Crippen molar-refractivity contribution in [1.29, 1.82) is 0 Å². The second-order valence-corrected chi connectivity index (χ2v) is 5.86. The fraction of sp³-hybridized carbons (Fsp3) is 0.667. The topological polar surface area (TPSA) is 68.6 Å². The first-order valence-electron chi connectivity index (χ1n) is 5.94. The Bertz CT molecular complexity index is 422. The van der Waals surface area contributed by atoms with Crippen molar-refractivity contribution in [3.05, 3.63) is 22.6 Å². The lowest BCUT2D eigenvalue weighted by molar-refractivity contribution is -0.0371. The summed E-state index contributed by atoms with van der Waals surface area (Å²) >= 11 is 3.39. The van der Waals surface area contributed by atoms with Crippen molar-refractivity contribution in [2.24, 2.45) is 11.1 Å². The predicted octanol–water partition coefficient (Wildman–Crippen LogP) is 1.97. The Morgan fingerprint density at radius 1 is 1.59 bits per heavy atom. The van der Waals surface area contributed by atoms with E-state index < -0.39 is 6.10 Å². The van der Waals surface area contributed by atoms with Crippen molar-refractivity contribution in [1.82, 2.24) is 0 Å². The molecule has 0 aromatic carbocycles. The first kappa shape index (κ1) is 11.7. The van der Waals surface area contributed by atoms with Crippen LogP contribution >= 0.6 is 15.9 Å². The predicted molar refractivity (Wildman–Crippen MR) is 65.4 cm³/mol. The number of furan rings is 1. The number of aliphatic hydroxyl groups is 1. The molecule has 0 amide bonds. The van der Waals surface area contributed by atoms with Crippen LogP contribution in [0.5, 0.6) is 0 Å². The highest BCUT2D eigenvalue weighted by Crippen LogP contribution is 2.54. The normalized spacial score (nSPS) is 37.6. The van der Waals surface area contributed by atoms with Crippen LogP contribution < -0.4 is 5.73 Å². The molecule has 3 rings (SSSR count). The number of hydrogen-bond donors (Lipinski definition) is 2. The van der Waals surface area contributed by atoms with Crippen LogP contribution in [0, 0.1) is 5.41 Å². The fourth-order valence-electron chi connectivity index (χ4n) is 3.21. The summed E-state index contributed by atoms with van der Waals surface area (Å²) in [7, 11) is 0. The van der Waals surface area contributed by atoms with Gasteiger partial charge in [0.15, 0.2) is 0 Å². The number of halogens is 1. The van der Waals surface area contributed by atoms with E-state index in [-0.39, 0.29) is 17.6 Å². The zero-order chi connectivity index (χ0) is 12.0. The molecule has 2 aliphatic rings. The lowest BCUT2D eigenvalue weighted by Crippen LogP contribution is -2.44. The molecule has 5 heteroatoms. The minimum Gasteiger partial charge on any atom is -0.465 e. The number of aliphatic hydroxyl groups excluding tert-OH is 1. The summed E-state index contributed by atoms with van der Waals surface area (Å²) in [5.74, 6) is 0.562. The maximum atomic E-state index is 10.6. The number of fused-ring (bicyclic) bond motifs is 2. The Balaban J connectivity index is 1.94. The molecular formula is C12H16BrNO3. The summed E-state index contributed by atoms with van der Waals surface area (Å²) in [5.41, 5.74) is 5.53. The lowest BCUT2D eigenvalue weighted by atomic mass is 9.69. The van der Waals surface area contributed by atoms with Gasteiger partial charge in [-0.3, -0.25) is 0 Å². The molecule has 2 bridgehead atoms. The van der Waals surface area contributed by atoms with E-state index >= 15 is 0 Å². The maximum Gasteiger partial charge on any atom is 0.147 e. The minimum atomic E-state index is -0.702. The van der Waals surface area contributed by atoms with E-state index in [2.05, 4.69) is 15.9 Å². The average molecular weight is 302 g/mol. The summed E-state index contributed by atoms with van der Waals surface area (Å²) in [6.07, 6.45) is 4.07. The smallest absolute Gasteiger partial charge is 0.147 e. The summed E-state index contributed by atoms with van der Waals surface area (Å²) in [6.45, 7) is 0.419. The molecule has 3 heterocycles. The molecule has 94 valence electrons. The van der Waals surface area contributed by atoms with Crippen molar-refractivity contribution in [2.45, 2.75) is 37.6 Å². The fourth-order valence-corrected chi connectivity index (χ4v) is 3.63. The molecule has 2 fully saturated rings. The van der Waals surface area contributed by atoms with Crippen LogP contribution in [0.3, 0.4) is 0 Å². The van der Waals surface area contributed by atoms with Crippen LogP contribution in [0.2, 0.25) is 0 Å². The molecule has 0 saturated carbocycles. The Labute approximate surface area is 108 Å². The van der Waals surface area contributed by atoms with Gasteiger partial charge in [-0.05, 0) is 41.3 Å². The van der Waals surface area contributed by atoms with Crippen molar-refractivity contribution in [3.8, 4) is 0 Å². The highest BCUT2D eigenvalue weighted by Gasteiger charge is 2.56. The second-order valence-electron chi connectivity index (χ2n) is 5.00. The van der Waals surface area contributed by atoms with Crippen LogP contribution in [0.1, 0.15) is 31.1 Å². The molecule has 1 aromatic heterocycles. The van der Waals surface area contributed by atoms with Gasteiger partial charge in [-0.25, -0.2) is 0 Å². The zero-order valence-electron chi connectivity index (χ0n) is 9.43. The van der Waals surface area contributed by atoms with Gasteiger partial charge in [0.2, 0.25) is 0 Å². The average Bonchev–Trinajstić information content (AvgIpc) is 3.02. The summed E-state index contributed by atoms with van der Waals surface area (Å²) in [4.78, 5) is 0. The Morgan fingerprint density at radius 3 is 2.88 bits per heavy atom. The van der Waals surface area contributed by atoms with Crippen LogP contribution in [0.25, 0.3) is 0 Å². The highest BCUT2D eigenvalue weighted by atomic mass is 79.9. The van der Waals surface area contributed by atoms with Crippen LogP contribution in [-0.2, 0) is 4.74 Å². The van der Waals surface area contributed by atoms with Gasteiger partial charge in [0, 0.05) is 12.0 Å². The highest BCUT2D eigenvalue weighted by molar-refractivity contribution is 9.10. The molecular weight excluding hydrogens is 286 g/mol. The summed E-state index contributed by atoms with van der Waals surface area (Å²) < 4.78 is 12.0. The van der Waals surface area contributed by atoms with Gasteiger partial charge < -0.3 is 20.0 Å². The standard InChI is InChI=1S/C12H16BrNO3/c13-8-3-4-16-10(8)11(15)12(6-14)5-7-1-2-9(12)17-7/h3-4,7,9,11,15H,1-2,5-6,14H2. The molecule has 0 spiro atoms. The molecule has 0 aliphatic carbocycles. The maximum absolute atomic E-state index is 10.6. The molecule has 17 heavy (non-hydrogen) atoms. The van der Waals surface area contributed by atoms with Gasteiger partial charge >= 0.3 is 0 Å². The monoisotopic (exact) mass is 301 g/mol. The molecule has 4 atom stereocenters. The van der Waals surface area contributed by atoms with Gasteiger partial charge in [0.1, 0.15) is 11.9 Å². The molecule has 3 N–H and O–H groups in total. The molecule has 4 nitrogen and oxygen atoms in total. The SMILES string of the molecule is NCC1(C(O)c2occc2Br)CC2CCC1O2. The van der Waals surface area contributed by atoms with E-state index in [9.17, 15) is 5.11 Å². The number of nitrogens with two attached hydrogens (primary N) is 1. The first-order chi connectivity index (χ1) is 8.17. The third kappa shape index (κ3) is 1.60. The van der Waals surface area contributed by atoms with E-state index in [0.29, 0.717) is 12.3 Å². The summed E-state index contributed by atoms with van der Waals surface area (Å²) in [5, 5.41) is 10.6. The van der Waals surface area contributed by atoms with Crippen LogP contribution in [0.15, 0.2) is 21.2 Å². The number of ether oxygens (including phenoxy) is 1. The van der Waals surface area contributed by atoms with Crippen molar-refractivity contribution in [2.75, 3.05) is 6.54 Å². The van der Waals surface area contributed by atoms with Crippen LogP contribution in [0.4, 0.5) is 0 Å². The zero-order valence-corrected chi connectivity index (χ0v) is 11.0. The number of hydrogen-bond acceptors (Lipinski definition) is 4. The minimum absolute atomic E-state index is 0.0597. The Kier molecular flexibility index (Phi) is 2.82. The van der Waals surface area contributed by atoms with Gasteiger partial charge in [0.25, 0.3) is 0 Å². The molecule has 1 aromatic rings. The second kappa shape index (κ2) is 4.09. The van der Waals surface area contributed by atoms with E-state index in [1.807, 2.05) is 0 Å². The van der Waals surface area contributed by atoms with E-state index in [4.69, 9.17) is 14.9 Å². The van der Waals surface area contributed by atoms with Gasteiger partial charge in [-0.1, -0.05) is 0 Å². The number of rotatable bonds is 3. The Hall–Kier alpha value is -0.360. The van der Waals surface area contributed by atoms with Crippen molar-refractivity contribution >= 4 is 15.9 Å². The van der Waals surface area contributed by atoms with Crippen molar-refractivity contribution in [3.63, 3.8) is 0 Å². The van der Waals surface area contributed by atoms with Crippen molar-refractivity contribution < 1.29 is 14.3 Å². The summed E-state index contributed by atoms with van der Waals surface area (Å²) in [6, 6.07) is 1.79. The quantitative estimate of drug-likeness (QED) is 0.896. The molecule has 2 aliphatic heterocycles. The Morgan fingerprint density at radius 2 is 2.41 bits per heavy atom. The molecule has 4 unspecified atom stereocenters. The lowest BCUT2D eigenvalue weighted by Gasteiger charge is -2.37. The third-order valence-electron chi connectivity index (χ3n) is 4.17.